The Bertz CT molecular complexity index is 1740. The largest absolute Gasteiger partial charge is 0.497 e. The Balaban J connectivity index is 1.82. The lowest BCUT2D eigenvalue weighted by Gasteiger charge is -2.16. The van der Waals surface area contributed by atoms with Crippen molar-refractivity contribution in [3.8, 4) is 11.5 Å². The van der Waals surface area contributed by atoms with Crippen molar-refractivity contribution in [1.82, 2.24) is 18.7 Å². The normalized spacial score (nSPS) is 12.2. The highest BCUT2D eigenvalue weighted by atomic mass is 35.5. The lowest BCUT2D eigenvalue weighted by molar-refractivity contribution is -0.143. The lowest BCUT2D eigenvalue weighted by atomic mass is 10.0. The van der Waals surface area contributed by atoms with E-state index in [1.165, 1.54) is 28.3 Å². The van der Waals surface area contributed by atoms with Crippen LogP contribution in [0.3, 0.4) is 0 Å². The molecule has 2 aromatic carbocycles. The average Bonchev–Trinajstić information content (AvgIpc) is 3.28. The first-order valence-corrected chi connectivity index (χ1v) is 12.5. The van der Waals surface area contributed by atoms with E-state index >= 15 is 0 Å². The standard InChI is InChI=1S/C26H24ClF6N5O4/c1-36-21-20(22(39)37(2)24(36)40)38(12-13-7-15(25(28,29)30)10-16(8-13)26(31,32)33)23(35-21)34-6-5-14-9-17(41-3)11-18(42-4)19(14)27/h7-11H,5-6,12H2,1-4H3,(H,34,35). The molecule has 4 rings (SSSR count). The van der Waals surface area contributed by atoms with Gasteiger partial charge in [0.2, 0.25) is 5.95 Å². The molecular weight excluding hydrogens is 596 g/mol. The van der Waals surface area contributed by atoms with Gasteiger partial charge in [-0.3, -0.25) is 18.5 Å². The molecule has 226 valence electrons. The van der Waals surface area contributed by atoms with E-state index in [0.29, 0.717) is 34.2 Å². The van der Waals surface area contributed by atoms with Crippen LogP contribution in [0.1, 0.15) is 22.3 Å². The molecule has 0 saturated carbocycles. The third-order valence-electron chi connectivity index (χ3n) is 6.56. The van der Waals surface area contributed by atoms with Crippen molar-refractivity contribution < 1.29 is 35.8 Å². The molecule has 16 heteroatoms. The van der Waals surface area contributed by atoms with Crippen LogP contribution in [0.4, 0.5) is 32.3 Å². The van der Waals surface area contributed by atoms with Gasteiger partial charge >= 0.3 is 18.0 Å². The maximum absolute atomic E-state index is 13.5. The van der Waals surface area contributed by atoms with Crippen LogP contribution in [0.15, 0.2) is 39.9 Å². The van der Waals surface area contributed by atoms with E-state index in [-0.39, 0.29) is 36.1 Å². The van der Waals surface area contributed by atoms with Crippen molar-refractivity contribution in [3.05, 3.63) is 78.4 Å². The molecule has 2 heterocycles. The first kappa shape index (κ1) is 30.8. The number of rotatable bonds is 8. The van der Waals surface area contributed by atoms with Crippen LogP contribution in [-0.2, 0) is 39.4 Å². The molecule has 0 amide bonds. The minimum Gasteiger partial charge on any atom is -0.497 e. The third-order valence-corrected chi connectivity index (χ3v) is 6.99. The van der Waals surface area contributed by atoms with E-state index in [2.05, 4.69) is 10.3 Å². The SMILES string of the molecule is COc1cc(CCNc2nc3c(c(=O)n(C)c(=O)n3C)n2Cc2cc(C(F)(F)F)cc(C(F)(F)F)c2)c(Cl)c(OC)c1. The molecule has 0 aliphatic heterocycles. The zero-order valence-electron chi connectivity index (χ0n) is 22.6. The molecule has 0 unspecified atom stereocenters. The molecule has 42 heavy (non-hydrogen) atoms. The molecule has 0 radical (unpaired) electrons. The highest BCUT2D eigenvalue weighted by molar-refractivity contribution is 6.32. The number of nitrogens with zero attached hydrogens (tertiary/aromatic N) is 4. The van der Waals surface area contributed by atoms with Crippen molar-refractivity contribution in [1.29, 1.82) is 0 Å². The first-order valence-electron chi connectivity index (χ1n) is 12.2. The van der Waals surface area contributed by atoms with Gasteiger partial charge < -0.3 is 14.8 Å². The number of aryl methyl sites for hydroxylation is 1. The van der Waals surface area contributed by atoms with Crippen LogP contribution in [0, 0.1) is 0 Å². The summed E-state index contributed by atoms with van der Waals surface area (Å²) in [4.78, 5) is 29.9. The van der Waals surface area contributed by atoms with Crippen molar-refractivity contribution >= 4 is 28.7 Å². The number of benzene rings is 2. The van der Waals surface area contributed by atoms with Crippen molar-refractivity contribution in [2.24, 2.45) is 14.1 Å². The smallest absolute Gasteiger partial charge is 0.416 e. The van der Waals surface area contributed by atoms with Crippen molar-refractivity contribution in [2.75, 3.05) is 26.1 Å². The summed E-state index contributed by atoms with van der Waals surface area (Å²) in [5.74, 6) is 0.740. The van der Waals surface area contributed by atoms with Gasteiger partial charge in [0.1, 0.15) is 11.5 Å². The predicted octanol–water partition coefficient (Wildman–Crippen LogP) is 4.84. The topological polar surface area (TPSA) is 92.3 Å². The number of imidazole rings is 1. The fourth-order valence-corrected chi connectivity index (χ4v) is 4.69. The summed E-state index contributed by atoms with van der Waals surface area (Å²) in [7, 11) is 5.40. The highest BCUT2D eigenvalue weighted by Crippen LogP contribution is 2.37. The Labute approximate surface area is 238 Å². The van der Waals surface area contributed by atoms with Crippen LogP contribution in [0.5, 0.6) is 11.5 Å². The number of alkyl halides is 6. The molecular formula is C26H24ClF6N5O4. The molecule has 4 aromatic rings. The molecule has 0 spiro atoms. The Morgan fingerprint density at radius 3 is 2.07 bits per heavy atom. The van der Waals surface area contributed by atoms with Crippen molar-refractivity contribution in [2.45, 2.75) is 25.3 Å². The molecule has 0 aliphatic rings. The second-order valence-electron chi connectivity index (χ2n) is 9.29. The summed E-state index contributed by atoms with van der Waals surface area (Å²) >= 11 is 6.41. The van der Waals surface area contributed by atoms with Crippen LogP contribution in [-0.4, -0.2) is 39.4 Å². The number of ether oxygens (including phenoxy) is 2. The molecule has 1 N–H and O–H groups in total. The Morgan fingerprint density at radius 2 is 1.52 bits per heavy atom. The number of aromatic nitrogens is 4. The Kier molecular flexibility index (Phi) is 8.27. The summed E-state index contributed by atoms with van der Waals surface area (Å²) in [5.41, 5.74) is -4.69. The summed E-state index contributed by atoms with van der Waals surface area (Å²) in [6.07, 6.45) is -9.88. The van der Waals surface area contributed by atoms with E-state index in [0.717, 1.165) is 13.7 Å². The van der Waals surface area contributed by atoms with Gasteiger partial charge in [0.05, 0.1) is 36.9 Å². The molecule has 0 aliphatic carbocycles. The number of halogens is 7. The minimum atomic E-state index is -5.06. The van der Waals surface area contributed by atoms with Gasteiger partial charge in [0.25, 0.3) is 5.56 Å². The quantitative estimate of drug-likeness (QED) is 0.284. The number of hydrogen-bond acceptors (Lipinski definition) is 6. The van der Waals surface area contributed by atoms with E-state index in [4.69, 9.17) is 21.1 Å². The van der Waals surface area contributed by atoms with Crippen molar-refractivity contribution in [3.63, 3.8) is 0 Å². The van der Waals surface area contributed by atoms with E-state index < -0.39 is 46.8 Å². The van der Waals surface area contributed by atoms with Gasteiger partial charge in [-0.2, -0.15) is 31.3 Å². The lowest BCUT2D eigenvalue weighted by Crippen LogP contribution is -2.37. The van der Waals surface area contributed by atoms with Gasteiger partial charge in [-0.1, -0.05) is 11.6 Å². The number of hydrogen-bond donors (Lipinski definition) is 1. The van der Waals surface area contributed by atoms with Gasteiger partial charge in [-0.15, -0.1) is 0 Å². The monoisotopic (exact) mass is 619 g/mol. The maximum Gasteiger partial charge on any atom is 0.416 e. The first-order chi connectivity index (χ1) is 19.6. The van der Waals surface area contributed by atoms with Crippen LogP contribution >= 0.6 is 11.6 Å². The molecule has 9 nitrogen and oxygen atoms in total. The fraction of sp³-hybridized carbons (Fsp3) is 0.346. The molecule has 0 atom stereocenters. The van der Waals surface area contributed by atoms with Gasteiger partial charge in [0, 0.05) is 26.7 Å². The van der Waals surface area contributed by atoms with E-state index in [9.17, 15) is 35.9 Å². The van der Waals surface area contributed by atoms with Gasteiger partial charge in [0.15, 0.2) is 11.2 Å². The van der Waals surface area contributed by atoms with Crippen LogP contribution < -0.4 is 26.0 Å². The third kappa shape index (κ3) is 5.91. The zero-order chi connectivity index (χ0) is 31.1. The number of nitrogens with one attached hydrogen (secondary N) is 1. The summed E-state index contributed by atoms with van der Waals surface area (Å²) in [6.45, 7) is -0.503. The summed E-state index contributed by atoms with van der Waals surface area (Å²) < 4.78 is 94.5. The van der Waals surface area contributed by atoms with Gasteiger partial charge in [-0.05, 0) is 41.8 Å². The summed E-state index contributed by atoms with van der Waals surface area (Å²) in [5, 5.41) is 3.26. The molecule has 0 bridgehead atoms. The minimum absolute atomic E-state index is 0.0174. The zero-order valence-corrected chi connectivity index (χ0v) is 23.3. The Morgan fingerprint density at radius 1 is 0.905 bits per heavy atom. The average molecular weight is 620 g/mol. The summed E-state index contributed by atoms with van der Waals surface area (Å²) in [6, 6.07) is 4.40. The molecule has 0 fully saturated rings. The van der Waals surface area contributed by atoms with E-state index in [1.807, 2.05) is 0 Å². The van der Waals surface area contributed by atoms with Crippen LogP contribution in [0.25, 0.3) is 11.2 Å². The van der Waals surface area contributed by atoms with E-state index in [1.54, 1.807) is 12.1 Å². The molecule has 0 saturated heterocycles. The second kappa shape index (κ2) is 11.3. The fourth-order valence-electron chi connectivity index (χ4n) is 4.41. The van der Waals surface area contributed by atoms with Gasteiger partial charge in [-0.25, -0.2) is 4.79 Å². The maximum atomic E-state index is 13.5. The molecule has 2 aromatic heterocycles. The Hall–Kier alpha value is -4.14. The highest BCUT2D eigenvalue weighted by Gasteiger charge is 2.37. The predicted molar refractivity (Wildman–Crippen MR) is 143 cm³/mol. The second-order valence-corrected chi connectivity index (χ2v) is 9.67. The number of methoxy groups -OCH3 is 2. The van der Waals surface area contributed by atoms with Crippen LogP contribution in [0.2, 0.25) is 5.02 Å². The number of fused-ring (bicyclic) bond motifs is 1. The number of anilines is 1.